The molecule has 0 radical (unpaired) electrons. The van der Waals surface area contributed by atoms with Crippen LogP contribution in [0.4, 0.5) is 0 Å². The Morgan fingerprint density at radius 2 is 1.88 bits per heavy atom. The number of phenolic OH excluding ortho intramolecular Hbond substituents is 1. The van der Waals surface area contributed by atoms with Gasteiger partial charge in [0.2, 0.25) is 10.9 Å². The van der Waals surface area contributed by atoms with Gasteiger partial charge in [-0.05, 0) is 48.9 Å². The Bertz CT molecular complexity index is 653. The molecule has 140 valence electrons. The topological polar surface area (TPSA) is 85.2 Å². The van der Waals surface area contributed by atoms with Crippen LogP contribution in [0.5, 0.6) is 17.2 Å². The Labute approximate surface area is 165 Å². The molecule has 1 fully saturated rings. The number of halogens is 1. The van der Waals surface area contributed by atoms with Gasteiger partial charge < -0.3 is 24.4 Å². The third kappa shape index (κ3) is 4.01. The number of aliphatic hydroxyl groups excluding tert-OH is 1. The molecule has 0 amide bonds. The second kappa shape index (κ2) is 8.32. The van der Waals surface area contributed by atoms with Crippen LogP contribution < -0.4 is 9.47 Å². The Morgan fingerprint density at radius 1 is 1.28 bits per heavy atom. The van der Waals surface area contributed by atoms with Crippen molar-refractivity contribution in [2.75, 3.05) is 14.2 Å². The number of aromatic hydroxyl groups is 1. The molecule has 0 aromatic heterocycles. The molecule has 8 heteroatoms. The van der Waals surface area contributed by atoms with Gasteiger partial charge in [0.25, 0.3) is 0 Å². The van der Waals surface area contributed by atoms with Crippen molar-refractivity contribution >= 4 is 39.5 Å². The minimum absolute atomic E-state index is 0.0389. The molecule has 2 rings (SSSR count). The lowest BCUT2D eigenvalue weighted by Gasteiger charge is -2.36. The third-order valence-corrected chi connectivity index (χ3v) is 6.99. The normalized spacial score (nSPS) is 26.4. The minimum Gasteiger partial charge on any atom is -0.503 e. The van der Waals surface area contributed by atoms with Gasteiger partial charge in [-0.25, -0.2) is 0 Å². The van der Waals surface area contributed by atoms with Gasteiger partial charge in [-0.2, -0.15) is 0 Å². The average molecular weight is 482 g/mol. The van der Waals surface area contributed by atoms with Crippen LogP contribution in [0.3, 0.4) is 0 Å². The van der Waals surface area contributed by atoms with Crippen LogP contribution in [0.15, 0.2) is 0 Å². The monoisotopic (exact) mass is 482 g/mol. The molecular formula is C17H23IO6S. The van der Waals surface area contributed by atoms with Crippen molar-refractivity contribution in [2.45, 2.75) is 50.8 Å². The van der Waals surface area contributed by atoms with E-state index in [4.69, 9.17) is 14.2 Å². The summed E-state index contributed by atoms with van der Waals surface area (Å²) in [5, 5.41) is 20.0. The number of hydrogen-bond acceptors (Lipinski definition) is 7. The molecule has 0 aliphatic carbocycles. The molecule has 1 aromatic rings. The van der Waals surface area contributed by atoms with Crippen LogP contribution in [0.1, 0.15) is 36.2 Å². The smallest absolute Gasteiger partial charge is 0.224 e. The van der Waals surface area contributed by atoms with E-state index in [1.54, 1.807) is 6.92 Å². The van der Waals surface area contributed by atoms with Crippen molar-refractivity contribution in [2.24, 2.45) is 0 Å². The highest BCUT2D eigenvalue weighted by atomic mass is 127. The minimum atomic E-state index is -0.628. The first-order valence-corrected chi connectivity index (χ1v) is 9.86. The SMILES string of the molecule is COc1c(O)c(I)c(C)c(C(=O)S[C@H]2[C@@H](O)C[C@H](C)O[C@@H]2C)c1OC. The molecule has 2 N–H and O–H groups in total. The van der Waals surface area contributed by atoms with Gasteiger partial charge in [0.15, 0.2) is 11.5 Å². The first kappa shape index (κ1) is 20.6. The van der Waals surface area contributed by atoms with E-state index in [0.717, 1.165) is 11.8 Å². The summed E-state index contributed by atoms with van der Waals surface area (Å²) < 4.78 is 16.9. The van der Waals surface area contributed by atoms with Gasteiger partial charge in [-0.1, -0.05) is 11.8 Å². The zero-order valence-electron chi connectivity index (χ0n) is 14.8. The first-order valence-electron chi connectivity index (χ1n) is 7.90. The van der Waals surface area contributed by atoms with Gasteiger partial charge in [-0.3, -0.25) is 4.79 Å². The van der Waals surface area contributed by atoms with E-state index in [2.05, 4.69) is 0 Å². The fourth-order valence-electron chi connectivity index (χ4n) is 3.05. The summed E-state index contributed by atoms with van der Waals surface area (Å²) in [6.45, 7) is 5.51. The highest BCUT2D eigenvalue weighted by Gasteiger charge is 2.37. The van der Waals surface area contributed by atoms with Crippen LogP contribution in [0.25, 0.3) is 0 Å². The summed E-state index contributed by atoms with van der Waals surface area (Å²) >= 11 is 3.01. The van der Waals surface area contributed by atoms with Gasteiger partial charge in [0.1, 0.15) is 0 Å². The highest BCUT2D eigenvalue weighted by molar-refractivity contribution is 14.1. The lowest BCUT2D eigenvalue weighted by Crippen LogP contribution is -2.44. The average Bonchev–Trinajstić information content (AvgIpc) is 2.55. The summed E-state index contributed by atoms with van der Waals surface area (Å²) in [6, 6.07) is 0. The highest BCUT2D eigenvalue weighted by Crippen LogP contribution is 2.46. The molecule has 1 saturated heterocycles. The van der Waals surface area contributed by atoms with E-state index in [1.807, 2.05) is 36.4 Å². The van der Waals surface area contributed by atoms with E-state index in [9.17, 15) is 15.0 Å². The Morgan fingerprint density at radius 3 is 2.40 bits per heavy atom. The largest absolute Gasteiger partial charge is 0.503 e. The van der Waals surface area contributed by atoms with E-state index in [0.29, 0.717) is 21.1 Å². The number of carbonyl (C=O) groups excluding carboxylic acids is 1. The number of methoxy groups -OCH3 is 2. The molecule has 1 aromatic carbocycles. The number of phenols is 1. The van der Waals surface area contributed by atoms with Crippen molar-refractivity contribution in [3.8, 4) is 17.2 Å². The first-order chi connectivity index (χ1) is 11.7. The molecule has 6 nitrogen and oxygen atoms in total. The maximum atomic E-state index is 13.0. The maximum absolute atomic E-state index is 13.0. The molecule has 4 atom stereocenters. The van der Waals surface area contributed by atoms with Crippen LogP contribution in [-0.4, -0.2) is 53.1 Å². The molecule has 0 saturated carbocycles. The molecule has 1 heterocycles. The molecule has 0 bridgehead atoms. The number of hydrogen-bond donors (Lipinski definition) is 2. The van der Waals surface area contributed by atoms with Crippen molar-refractivity contribution in [3.05, 3.63) is 14.7 Å². The zero-order valence-corrected chi connectivity index (χ0v) is 17.8. The summed E-state index contributed by atoms with van der Waals surface area (Å²) in [4.78, 5) is 13.0. The van der Waals surface area contributed by atoms with Crippen LogP contribution in [0, 0.1) is 10.5 Å². The van der Waals surface area contributed by atoms with E-state index in [-0.39, 0.29) is 39.8 Å². The summed E-state index contributed by atoms with van der Waals surface area (Å²) in [7, 11) is 2.83. The van der Waals surface area contributed by atoms with Gasteiger partial charge in [0, 0.05) is 6.42 Å². The Balaban J connectivity index is 2.41. The molecular weight excluding hydrogens is 459 g/mol. The van der Waals surface area contributed by atoms with Crippen LogP contribution in [-0.2, 0) is 4.74 Å². The third-order valence-electron chi connectivity index (χ3n) is 4.28. The number of benzene rings is 1. The number of aliphatic hydroxyl groups is 1. The molecule has 0 spiro atoms. The number of carbonyl (C=O) groups is 1. The fraction of sp³-hybridized carbons (Fsp3) is 0.588. The van der Waals surface area contributed by atoms with Crippen molar-refractivity contribution in [3.63, 3.8) is 0 Å². The number of thioether (sulfide) groups is 1. The van der Waals surface area contributed by atoms with Crippen molar-refractivity contribution < 1.29 is 29.2 Å². The van der Waals surface area contributed by atoms with Gasteiger partial charge in [-0.15, -0.1) is 0 Å². The molecule has 1 aliphatic heterocycles. The van der Waals surface area contributed by atoms with E-state index < -0.39 is 6.10 Å². The van der Waals surface area contributed by atoms with E-state index in [1.165, 1.54) is 14.2 Å². The summed E-state index contributed by atoms with van der Waals surface area (Å²) in [6.07, 6.45) is -0.431. The van der Waals surface area contributed by atoms with Gasteiger partial charge >= 0.3 is 0 Å². The molecule has 1 aliphatic rings. The second-order valence-corrected chi connectivity index (χ2v) is 8.28. The molecule has 25 heavy (non-hydrogen) atoms. The predicted molar refractivity (Wildman–Crippen MR) is 105 cm³/mol. The standard InChI is InChI=1S/C17H23IO6S/c1-7-6-10(19)16(9(3)24-7)25-17(21)11-8(2)12(18)13(20)15(23-5)14(11)22-4/h7,9-10,16,19-20H,6H2,1-5H3/t7-,9+,10-,16+/m0/s1. The van der Waals surface area contributed by atoms with Crippen LogP contribution in [0.2, 0.25) is 0 Å². The van der Waals surface area contributed by atoms with Gasteiger partial charge in [0.05, 0.1) is 46.9 Å². The number of rotatable bonds is 4. The predicted octanol–water partition coefficient (Wildman–Crippen LogP) is 3.12. The quantitative estimate of drug-likeness (QED) is 0.638. The zero-order chi connectivity index (χ0) is 18.9. The maximum Gasteiger partial charge on any atom is 0.224 e. The molecule has 0 unspecified atom stereocenters. The Hall–Kier alpha value is -0.710. The lowest BCUT2D eigenvalue weighted by atomic mass is 10.0. The number of ether oxygens (including phenoxy) is 3. The van der Waals surface area contributed by atoms with Crippen molar-refractivity contribution in [1.29, 1.82) is 0 Å². The summed E-state index contributed by atoms with van der Waals surface area (Å²) in [5.74, 6) is 0.272. The van der Waals surface area contributed by atoms with Crippen LogP contribution >= 0.6 is 34.4 Å². The van der Waals surface area contributed by atoms with E-state index >= 15 is 0 Å². The van der Waals surface area contributed by atoms with Crippen molar-refractivity contribution in [1.82, 2.24) is 0 Å². The second-order valence-electron chi connectivity index (χ2n) is 6.05. The lowest BCUT2D eigenvalue weighted by molar-refractivity contribution is -0.0735. The Kier molecular flexibility index (Phi) is 6.86. The summed E-state index contributed by atoms with van der Waals surface area (Å²) in [5.41, 5.74) is 0.949. The fourth-order valence-corrected chi connectivity index (χ4v) is 4.70.